The number of carbonyl (C=O) groups excluding carboxylic acids is 1. The number of likely N-dealkylation sites (tertiary alicyclic amines) is 1. The molecule has 29 heavy (non-hydrogen) atoms. The van der Waals surface area contributed by atoms with Gasteiger partial charge in [0.15, 0.2) is 0 Å². The molecule has 0 aliphatic carbocycles. The van der Waals surface area contributed by atoms with Gasteiger partial charge in [0.2, 0.25) is 15.9 Å². The molecule has 1 amide bonds. The van der Waals surface area contributed by atoms with Crippen LogP contribution in [0, 0.1) is 17.8 Å². The molecule has 9 heteroatoms. The van der Waals surface area contributed by atoms with Gasteiger partial charge in [0.1, 0.15) is 5.54 Å². The second kappa shape index (κ2) is 9.29. The topological polar surface area (TPSA) is 111 Å². The molecular weight excluding hydrogens is 390 g/mol. The Morgan fingerprint density at radius 1 is 1.31 bits per heavy atom. The number of nitrogens with zero attached hydrogens (tertiary/aromatic N) is 4. The molecule has 3 fully saturated rings. The number of rotatable bonds is 9. The minimum Gasteiger partial charge on any atom is -0.368 e. The predicted molar refractivity (Wildman–Crippen MR) is 111 cm³/mol. The van der Waals surface area contributed by atoms with Crippen LogP contribution < -0.4 is 5.73 Å². The summed E-state index contributed by atoms with van der Waals surface area (Å²) in [6.07, 6.45) is 8.15. The number of fused-ring (bicyclic) bond motifs is 2. The Morgan fingerprint density at radius 2 is 2.03 bits per heavy atom. The van der Waals surface area contributed by atoms with E-state index in [0.29, 0.717) is 31.8 Å². The van der Waals surface area contributed by atoms with Crippen LogP contribution in [0.2, 0.25) is 0 Å². The van der Waals surface area contributed by atoms with Gasteiger partial charge in [-0.05, 0) is 64.5 Å². The highest BCUT2D eigenvalue weighted by atomic mass is 32.2. The van der Waals surface area contributed by atoms with Gasteiger partial charge in [-0.25, -0.2) is 12.7 Å². The molecule has 3 saturated heterocycles. The SMILES string of the molecule is CN(C1CCN(CCC#N)CC1)S(=O)(=O)CCCN1[C@@H]2C[CH]C[C@@]1(C(N)=O)CC2. The van der Waals surface area contributed by atoms with E-state index in [9.17, 15) is 13.2 Å². The van der Waals surface area contributed by atoms with Crippen molar-refractivity contribution in [3.63, 3.8) is 0 Å². The molecule has 3 rings (SSSR count). The molecule has 0 aromatic rings. The van der Waals surface area contributed by atoms with Crippen LogP contribution in [0.1, 0.15) is 51.4 Å². The first-order chi connectivity index (χ1) is 13.8. The minimum absolute atomic E-state index is 0.0241. The average molecular weight is 425 g/mol. The summed E-state index contributed by atoms with van der Waals surface area (Å²) in [4.78, 5) is 16.5. The lowest BCUT2D eigenvalue weighted by Gasteiger charge is -2.42. The van der Waals surface area contributed by atoms with Gasteiger partial charge in [-0.2, -0.15) is 5.26 Å². The summed E-state index contributed by atoms with van der Waals surface area (Å²) < 4.78 is 27.3. The fourth-order valence-electron chi connectivity index (χ4n) is 5.30. The molecule has 1 radical (unpaired) electrons. The number of amides is 1. The Labute approximate surface area is 175 Å². The van der Waals surface area contributed by atoms with Crippen molar-refractivity contribution in [2.45, 2.75) is 69.0 Å². The van der Waals surface area contributed by atoms with Crippen molar-refractivity contribution in [1.82, 2.24) is 14.1 Å². The van der Waals surface area contributed by atoms with E-state index >= 15 is 0 Å². The lowest BCUT2D eigenvalue weighted by molar-refractivity contribution is -0.130. The van der Waals surface area contributed by atoms with E-state index in [-0.39, 0.29) is 17.7 Å². The van der Waals surface area contributed by atoms with Crippen LogP contribution in [-0.4, -0.2) is 85.0 Å². The number of carbonyl (C=O) groups is 1. The zero-order valence-corrected chi connectivity index (χ0v) is 18.2. The first-order valence-electron chi connectivity index (χ1n) is 10.7. The Bertz CT molecular complexity index is 725. The zero-order chi connectivity index (χ0) is 21.1. The van der Waals surface area contributed by atoms with Crippen LogP contribution in [0.4, 0.5) is 0 Å². The fraction of sp³-hybridized carbons (Fsp3) is 0.850. The molecule has 0 unspecified atom stereocenters. The van der Waals surface area contributed by atoms with Gasteiger partial charge < -0.3 is 10.6 Å². The highest BCUT2D eigenvalue weighted by Crippen LogP contribution is 2.43. The largest absolute Gasteiger partial charge is 0.368 e. The number of nitrogens with two attached hydrogens (primary N) is 1. The Balaban J connectivity index is 1.50. The summed E-state index contributed by atoms with van der Waals surface area (Å²) in [5.74, 6) is -0.181. The normalized spacial score (nSPS) is 29.2. The van der Waals surface area contributed by atoms with Gasteiger partial charge in [0.05, 0.1) is 11.8 Å². The molecular formula is C20H34N5O3S. The van der Waals surface area contributed by atoms with E-state index < -0.39 is 15.6 Å². The van der Waals surface area contributed by atoms with Gasteiger partial charge in [-0.1, -0.05) is 0 Å². The van der Waals surface area contributed by atoms with Crippen LogP contribution in [-0.2, 0) is 14.8 Å². The molecule has 0 aromatic carbocycles. The fourth-order valence-corrected chi connectivity index (χ4v) is 6.75. The van der Waals surface area contributed by atoms with Crippen LogP contribution in [0.15, 0.2) is 0 Å². The number of primary amides is 1. The van der Waals surface area contributed by atoms with Crippen molar-refractivity contribution in [2.75, 3.05) is 39.0 Å². The van der Waals surface area contributed by atoms with Crippen LogP contribution >= 0.6 is 0 Å². The molecule has 0 saturated carbocycles. The van der Waals surface area contributed by atoms with Crippen LogP contribution in [0.5, 0.6) is 0 Å². The summed E-state index contributed by atoms with van der Waals surface area (Å²) in [5, 5.41) is 8.71. The third-order valence-electron chi connectivity index (χ3n) is 7.11. The van der Waals surface area contributed by atoms with Gasteiger partial charge in [0.25, 0.3) is 0 Å². The van der Waals surface area contributed by atoms with Gasteiger partial charge >= 0.3 is 0 Å². The van der Waals surface area contributed by atoms with Crippen molar-refractivity contribution in [3.05, 3.63) is 6.42 Å². The van der Waals surface area contributed by atoms with Crippen molar-refractivity contribution in [1.29, 1.82) is 5.26 Å². The zero-order valence-electron chi connectivity index (χ0n) is 17.4. The quantitative estimate of drug-likeness (QED) is 0.583. The van der Waals surface area contributed by atoms with E-state index in [1.54, 1.807) is 11.4 Å². The van der Waals surface area contributed by atoms with Crippen LogP contribution in [0.25, 0.3) is 0 Å². The average Bonchev–Trinajstić information content (AvgIpc) is 2.90. The lowest BCUT2D eigenvalue weighted by Crippen LogP contribution is -2.58. The number of hydrogen-bond donors (Lipinski definition) is 1. The highest BCUT2D eigenvalue weighted by Gasteiger charge is 2.52. The van der Waals surface area contributed by atoms with E-state index in [4.69, 9.17) is 11.0 Å². The maximum absolute atomic E-state index is 12.9. The smallest absolute Gasteiger partial charge is 0.237 e. The summed E-state index contributed by atoms with van der Waals surface area (Å²) in [5.41, 5.74) is 5.12. The van der Waals surface area contributed by atoms with E-state index in [1.807, 2.05) is 0 Å². The minimum atomic E-state index is -3.34. The molecule has 0 spiro atoms. The van der Waals surface area contributed by atoms with Crippen molar-refractivity contribution in [2.24, 2.45) is 5.73 Å². The van der Waals surface area contributed by atoms with Gasteiger partial charge in [-0.3, -0.25) is 9.69 Å². The van der Waals surface area contributed by atoms with E-state index in [2.05, 4.69) is 22.3 Å². The third-order valence-corrected chi connectivity index (χ3v) is 9.09. The summed E-state index contributed by atoms with van der Waals surface area (Å²) in [7, 11) is -1.65. The molecule has 8 nitrogen and oxygen atoms in total. The van der Waals surface area contributed by atoms with Crippen molar-refractivity contribution >= 4 is 15.9 Å². The first kappa shape index (κ1) is 22.5. The monoisotopic (exact) mass is 424 g/mol. The molecule has 163 valence electrons. The lowest BCUT2D eigenvalue weighted by atomic mass is 9.87. The van der Waals surface area contributed by atoms with Gasteiger partial charge in [-0.15, -0.1) is 0 Å². The number of piperidine rings is 2. The molecule has 3 aliphatic rings. The number of hydrogen-bond acceptors (Lipinski definition) is 6. The van der Waals surface area contributed by atoms with Crippen molar-refractivity contribution < 1.29 is 13.2 Å². The summed E-state index contributed by atoms with van der Waals surface area (Å²) in [6, 6.07) is 2.50. The molecule has 2 atom stereocenters. The summed E-state index contributed by atoms with van der Waals surface area (Å²) in [6.45, 7) is 3.02. The Hall–Kier alpha value is -1.21. The maximum atomic E-state index is 12.9. The Kier molecular flexibility index (Phi) is 7.20. The standard InChI is InChI=1S/C20H34N5O3S/c1-23(17-7-14-24(15-8-17)12-3-11-21)29(27,28)16-4-13-25-18-5-2-9-20(25,10-6-18)19(22)26/h2,17-18H,3-10,12-16H2,1H3,(H2,22,26)/t18-,20+/m1/s1. The highest BCUT2D eigenvalue weighted by molar-refractivity contribution is 7.89. The van der Waals surface area contributed by atoms with Crippen molar-refractivity contribution in [3.8, 4) is 6.07 Å². The molecule has 3 aliphatic heterocycles. The predicted octanol–water partition coefficient (Wildman–Crippen LogP) is 0.703. The van der Waals surface area contributed by atoms with Gasteiger partial charge in [0, 0.05) is 38.6 Å². The third kappa shape index (κ3) is 4.76. The molecule has 2 bridgehead atoms. The second-order valence-electron chi connectivity index (χ2n) is 8.68. The Morgan fingerprint density at radius 3 is 2.69 bits per heavy atom. The summed E-state index contributed by atoms with van der Waals surface area (Å²) >= 11 is 0. The van der Waals surface area contributed by atoms with Crippen LogP contribution in [0.3, 0.4) is 0 Å². The number of sulfonamides is 1. The second-order valence-corrected chi connectivity index (χ2v) is 10.8. The number of nitriles is 1. The maximum Gasteiger partial charge on any atom is 0.237 e. The van der Waals surface area contributed by atoms with E-state index in [1.165, 1.54) is 0 Å². The molecule has 0 aromatic heterocycles. The molecule has 2 N–H and O–H groups in total. The van der Waals surface area contributed by atoms with E-state index in [0.717, 1.165) is 51.7 Å². The first-order valence-corrected chi connectivity index (χ1v) is 12.3. The molecule has 3 heterocycles.